The lowest BCUT2D eigenvalue weighted by atomic mass is 10.1. The number of fused-ring (bicyclic) bond motifs is 1. The molecule has 0 saturated heterocycles. The van der Waals surface area contributed by atoms with Crippen LogP contribution in [0.3, 0.4) is 0 Å². The number of anilines is 1. The average Bonchev–Trinajstić information content (AvgIpc) is 3.15. The van der Waals surface area contributed by atoms with Crippen LogP contribution < -0.4 is 10.9 Å². The first-order chi connectivity index (χ1) is 12.7. The summed E-state index contributed by atoms with van der Waals surface area (Å²) in [5, 5.41) is 5.34. The van der Waals surface area contributed by atoms with Crippen molar-refractivity contribution in [1.29, 1.82) is 0 Å². The maximum atomic E-state index is 12.5. The van der Waals surface area contributed by atoms with E-state index in [1.54, 1.807) is 29.1 Å². The number of para-hydroxylation sites is 1. The highest BCUT2D eigenvalue weighted by Gasteiger charge is 2.09. The fourth-order valence-corrected chi connectivity index (χ4v) is 3.46. The molecule has 4 rings (SSSR count). The third-order valence-electron chi connectivity index (χ3n) is 4.02. The van der Waals surface area contributed by atoms with E-state index in [1.165, 1.54) is 11.3 Å². The highest BCUT2D eigenvalue weighted by molar-refractivity contribution is 7.16. The second kappa shape index (κ2) is 6.93. The molecule has 128 valence electrons. The Kier molecular flexibility index (Phi) is 4.33. The summed E-state index contributed by atoms with van der Waals surface area (Å²) in [6.07, 6.45) is 1.55. The van der Waals surface area contributed by atoms with Crippen molar-refractivity contribution < 1.29 is 4.79 Å². The highest BCUT2D eigenvalue weighted by atomic mass is 32.1. The summed E-state index contributed by atoms with van der Waals surface area (Å²) in [5.41, 5.74) is 2.08. The average molecular weight is 361 g/mol. The van der Waals surface area contributed by atoms with Gasteiger partial charge in [-0.25, -0.2) is 4.98 Å². The number of carbonyl (C=O) groups excluding carboxylic acids is 1. The number of carbonyl (C=O) groups is 1. The van der Waals surface area contributed by atoms with Crippen LogP contribution in [0.1, 0.15) is 15.9 Å². The highest BCUT2D eigenvalue weighted by Crippen LogP contribution is 2.15. The summed E-state index contributed by atoms with van der Waals surface area (Å²) >= 11 is 1.45. The minimum Gasteiger partial charge on any atom is -0.322 e. The zero-order valence-electron chi connectivity index (χ0n) is 13.8. The molecule has 0 unspecified atom stereocenters. The largest absolute Gasteiger partial charge is 0.322 e. The van der Waals surface area contributed by atoms with Gasteiger partial charge in [-0.1, -0.05) is 30.3 Å². The Morgan fingerprint density at radius 1 is 1.08 bits per heavy atom. The molecule has 4 aromatic rings. The predicted octanol–water partition coefficient (Wildman–Crippen LogP) is 3.76. The van der Waals surface area contributed by atoms with Crippen LogP contribution in [-0.4, -0.2) is 15.5 Å². The monoisotopic (exact) mass is 361 g/mol. The zero-order valence-corrected chi connectivity index (χ0v) is 14.6. The lowest BCUT2D eigenvalue weighted by molar-refractivity contribution is 0.102. The molecule has 1 N–H and O–H groups in total. The molecule has 0 aliphatic rings. The molecule has 2 aromatic heterocycles. The molecule has 2 aromatic carbocycles. The molecule has 0 saturated carbocycles. The quantitative estimate of drug-likeness (QED) is 0.602. The second-order valence-electron chi connectivity index (χ2n) is 5.84. The fraction of sp³-hybridized carbons (Fsp3) is 0.0500. The summed E-state index contributed by atoms with van der Waals surface area (Å²) < 4.78 is 1.56. The van der Waals surface area contributed by atoms with E-state index in [2.05, 4.69) is 10.3 Å². The Morgan fingerprint density at radius 3 is 2.77 bits per heavy atom. The van der Waals surface area contributed by atoms with Gasteiger partial charge >= 0.3 is 0 Å². The normalized spacial score (nSPS) is 10.8. The number of rotatable bonds is 4. The first kappa shape index (κ1) is 16.2. The van der Waals surface area contributed by atoms with Crippen molar-refractivity contribution in [2.45, 2.75) is 6.54 Å². The molecule has 1 amide bonds. The van der Waals surface area contributed by atoms with Crippen LogP contribution in [0.15, 0.2) is 77.2 Å². The Hall–Kier alpha value is -3.25. The van der Waals surface area contributed by atoms with Gasteiger partial charge in [0, 0.05) is 11.3 Å². The Bertz CT molecular complexity index is 1130. The van der Waals surface area contributed by atoms with Gasteiger partial charge in [-0.15, -0.1) is 11.3 Å². The lowest BCUT2D eigenvalue weighted by Crippen LogP contribution is -2.20. The Balaban J connectivity index is 1.58. The van der Waals surface area contributed by atoms with Gasteiger partial charge in [-0.05, 0) is 41.3 Å². The summed E-state index contributed by atoms with van der Waals surface area (Å²) in [6, 6.07) is 18.3. The molecule has 0 aliphatic heterocycles. The number of hydrogen-bond donors (Lipinski definition) is 1. The maximum Gasteiger partial charge on any atom is 0.262 e. The molecular formula is C20H15N3O2S. The zero-order chi connectivity index (χ0) is 17.9. The van der Waals surface area contributed by atoms with Crippen molar-refractivity contribution in [3.05, 3.63) is 93.9 Å². The van der Waals surface area contributed by atoms with Gasteiger partial charge in [0.2, 0.25) is 0 Å². The number of amides is 1. The van der Waals surface area contributed by atoms with Gasteiger partial charge in [-0.2, -0.15) is 0 Å². The smallest absolute Gasteiger partial charge is 0.262 e. The molecular weight excluding hydrogens is 346 g/mol. The minimum absolute atomic E-state index is 0.0737. The SMILES string of the molecule is O=C(Nc1ccccc1)c1cccc(Cn2cnc3sccc3c2=O)c1. The van der Waals surface area contributed by atoms with Gasteiger partial charge < -0.3 is 5.32 Å². The standard InChI is InChI=1S/C20H15N3O2S/c24-18(22-16-7-2-1-3-8-16)15-6-4-5-14(11-15)12-23-13-21-19-17(20(23)25)9-10-26-19/h1-11,13H,12H2,(H,22,24). The van der Waals surface area contributed by atoms with E-state index >= 15 is 0 Å². The summed E-state index contributed by atoms with van der Waals surface area (Å²) in [7, 11) is 0. The van der Waals surface area contributed by atoms with Crippen LogP contribution in [0.5, 0.6) is 0 Å². The van der Waals surface area contributed by atoms with Crippen molar-refractivity contribution in [1.82, 2.24) is 9.55 Å². The molecule has 26 heavy (non-hydrogen) atoms. The first-order valence-electron chi connectivity index (χ1n) is 8.09. The molecule has 6 heteroatoms. The topological polar surface area (TPSA) is 64.0 Å². The third kappa shape index (κ3) is 3.27. The molecule has 0 radical (unpaired) electrons. The summed E-state index contributed by atoms with van der Waals surface area (Å²) in [4.78, 5) is 30.0. The lowest BCUT2D eigenvalue weighted by Gasteiger charge is -2.08. The minimum atomic E-state index is -0.184. The molecule has 0 fully saturated rings. The van der Waals surface area contributed by atoms with Crippen LogP contribution in [-0.2, 0) is 6.54 Å². The molecule has 0 aliphatic carbocycles. The maximum absolute atomic E-state index is 12.5. The number of nitrogens with zero attached hydrogens (tertiary/aromatic N) is 2. The van der Waals surface area contributed by atoms with E-state index < -0.39 is 0 Å². The second-order valence-corrected chi connectivity index (χ2v) is 6.73. The van der Waals surface area contributed by atoms with E-state index in [4.69, 9.17) is 0 Å². The van der Waals surface area contributed by atoms with Crippen molar-refractivity contribution in [2.75, 3.05) is 5.32 Å². The van der Waals surface area contributed by atoms with Crippen molar-refractivity contribution >= 4 is 33.1 Å². The number of thiophene rings is 1. The van der Waals surface area contributed by atoms with E-state index in [9.17, 15) is 9.59 Å². The van der Waals surface area contributed by atoms with Gasteiger partial charge in [0.25, 0.3) is 11.5 Å². The van der Waals surface area contributed by atoms with Crippen molar-refractivity contribution in [3.8, 4) is 0 Å². The molecule has 0 spiro atoms. The van der Waals surface area contributed by atoms with Crippen LogP contribution in [0.25, 0.3) is 10.2 Å². The molecule has 0 atom stereocenters. The van der Waals surface area contributed by atoms with Crippen LogP contribution in [0.2, 0.25) is 0 Å². The predicted molar refractivity (Wildman–Crippen MR) is 104 cm³/mol. The number of benzene rings is 2. The number of nitrogens with one attached hydrogen (secondary N) is 1. The van der Waals surface area contributed by atoms with E-state index in [0.29, 0.717) is 17.5 Å². The molecule has 2 heterocycles. The van der Waals surface area contributed by atoms with Gasteiger partial charge in [0.05, 0.1) is 18.3 Å². The van der Waals surface area contributed by atoms with E-state index in [-0.39, 0.29) is 11.5 Å². The van der Waals surface area contributed by atoms with Gasteiger partial charge in [-0.3, -0.25) is 14.2 Å². The number of hydrogen-bond acceptors (Lipinski definition) is 4. The van der Waals surface area contributed by atoms with Gasteiger partial charge in [0.15, 0.2) is 0 Å². The Labute approximate surface area is 153 Å². The summed E-state index contributed by atoms with van der Waals surface area (Å²) in [5.74, 6) is -0.184. The third-order valence-corrected chi connectivity index (χ3v) is 4.84. The van der Waals surface area contributed by atoms with Crippen LogP contribution in [0, 0.1) is 0 Å². The van der Waals surface area contributed by atoms with Crippen LogP contribution >= 0.6 is 11.3 Å². The van der Waals surface area contributed by atoms with Crippen molar-refractivity contribution in [3.63, 3.8) is 0 Å². The molecule has 5 nitrogen and oxygen atoms in total. The van der Waals surface area contributed by atoms with Crippen LogP contribution in [0.4, 0.5) is 5.69 Å². The summed E-state index contributed by atoms with van der Waals surface area (Å²) in [6.45, 7) is 0.365. The number of aromatic nitrogens is 2. The first-order valence-corrected chi connectivity index (χ1v) is 8.97. The van der Waals surface area contributed by atoms with E-state index in [0.717, 1.165) is 16.1 Å². The van der Waals surface area contributed by atoms with Gasteiger partial charge in [0.1, 0.15) is 4.83 Å². The molecule has 0 bridgehead atoms. The Morgan fingerprint density at radius 2 is 1.92 bits per heavy atom. The fourth-order valence-electron chi connectivity index (χ4n) is 2.74. The van der Waals surface area contributed by atoms with E-state index in [1.807, 2.05) is 47.8 Å². The van der Waals surface area contributed by atoms with Crippen molar-refractivity contribution in [2.24, 2.45) is 0 Å².